The second kappa shape index (κ2) is 12.5. The third-order valence-electron chi connectivity index (χ3n) is 6.46. The zero-order valence-corrected chi connectivity index (χ0v) is 21.0. The van der Waals surface area contributed by atoms with Gasteiger partial charge in [0, 0.05) is 18.1 Å². The van der Waals surface area contributed by atoms with Crippen molar-refractivity contribution >= 4 is 45.3 Å². The summed E-state index contributed by atoms with van der Waals surface area (Å²) in [5.74, 6) is -1.78. The van der Waals surface area contributed by atoms with Gasteiger partial charge < -0.3 is 31.9 Å². The second-order valence-electron chi connectivity index (χ2n) is 9.00. The highest BCUT2D eigenvalue weighted by Crippen LogP contribution is 2.41. The summed E-state index contributed by atoms with van der Waals surface area (Å²) in [7, 11) is 2.47. The predicted octanol–water partition coefficient (Wildman–Crippen LogP) is 0.778. The number of phenols is 1. The number of nitrogens with two attached hydrogens (primary N) is 1. The molecule has 1 spiro atoms. The van der Waals surface area contributed by atoms with E-state index in [1.54, 1.807) is 12.1 Å². The molecule has 2 fully saturated rings. The molecule has 0 radical (unpaired) electrons. The van der Waals surface area contributed by atoms with E-state index >= 15 is 0 Å². The van der Waals surface area contributed by atoms with Gasteiger partial charge in [0.05, 0.1) is 11.5 Å². The van der Waals surface area contributed by atoms with Gasteiger partial charge in [-0.05, 0) is 43.4 Å². The first-order valence-electron chi connectivity index (χ1n) is 11.6. The number of aliphatic carboxylic acids is 1. The molecular weight excluding hydrogens is 492 g/mol. The van der Waals surface area contributed by atoms with Crippen molar-refractivity contribution < 1.29 is 29.4 Å². The second-order valence-corrected chi connectivity index (χ2v) is 11.6. The summed E-state index contributed by atoms with van der Waals surface area (Å²) in [5, 5.41) is 27.2. The highest BCUT2D eigenvalue weighted by Gasteiger charge is 2.42. The maximum atomic E-state index is 13.0. The molecule has 3 atom stereocenters. The number of aromatic hydroxyl groups is 1. The fourth-order valence-corrected chi connectivity index (χ4v) is 6.67. The third kappa shape index (κ3) is 7.52. The molecule has 1 saturated heterocycles. The van der Waals surface area contributed by atoms with Crippen LogP contribution >= 0.6 is 21.6 Å². The van der Waals surface area contributed by atoms with Crippen LogP contribution in [0, 0.1) is 5.41 Å². The fraction of sp³-hybridized carbons (Fsp3) is 0.565. The van der Waals surface area contributed by atoms with Crippen molar-refractivity contribution in [2.45, 2.75) is 56.7 Å². The number of phenolic OH excluding ortho intramolecular Hbond substituents is 1. The van der Waals surface area contributed by atoms with Crippen LogP contribution in [0.1, 0.15) is 37.7 Å². The summed E-state index contributed by atoms with van der Waals surface area (Å²) < 4.78 is 0. The van der Waals surface area contributed by atoms with Crippen molar-refractivity contribution in [3.05, 3.63) is 29.8 Å². The molecule has 7 N–H and O–H groups in total. The van der Waals surface area contributed by atoms with Crippen LogP contribution in [0.5, 0.6) is 5.75 Å². The zero-order chi connectivity index (χ0) is 25.4. The molecule has 1 aliphatic heterocycles. The molecule has 0 aromatic heterocycles. The Morgan fingerprint density at radius 1 is 1.11 bits per heavy atom. The minimum absolute atomic E-state index is 0.114. The third-order valence-corrected chi connectivity index (χ3v) is 8.88. The van der Waals surface area contributed by atoms with Gasteiger partial charge >= 0.3 is 5.97 Å². The van der Waals surface area contributed by atoms with Crippen LogP contribution in [-0.4, -0.2) is 70.1 Å². The van der Waals surface area contributed by atoms with E-state index in [1.165, 1.54) is 33.7 Å². The van der Waals surface area contributed by atoms with E-state index in [1.807, 2.05) is 0 Å². The lowest BCUT2D eigenvalue weighted by Crippen LogP contribution is -2.53. The summed E-state index contributed by atoms with van der Waals surface area (Å²) in [4.78, 5) is 50.4. The highest BCUT2D eigenvalue weighted by molar-refractivity contribution is 8.76. The van der Waals surface area contributed by atoms with E-state index in [9.17, 15) is 29.4 Å². The number of hydrogen-bond acceptors (Lipinski definition) is 8. The molecule has 2 aliphatic rings. The fourth-order valence-electron chi connectivity index (χ4n) is 4.35. The SMILES string of the molecule is N[C@@H](Cc1ccc(O)cc1)C(=O)NC1CSSC[C@@H](C(=O)O)NC(=O)C2(CCCC2)CCNC1=O. The molecule has 0 bridgehead atoms. The molecule has 12 heteroatoms. The van der Waals surface area contributed by atoms with Crippen molar-refractivity contribution in [1.29, 1.82) is 0 Å². The number of amides is 3. The molecule has 1 heterocycles. The number of carboxylic acid groups (broad SMARTS) is 1. The van der Waals surface area contributed by atoms with Gasteiger partial charge in [-0.25, -0.2) is 4.79 Å². The summed E-state index contributed by atoms with van der Waals surface area (Å²) >= 11 is 0. The maximum Gasteiger partial charge on any atom is 0.327 e. The minimum Gasteiger partial charge on any atom is -0.508 e. The standard InChI is InChI=1S/C23H32N4O6S2/c24-16(11-14-3-5-15(28)6-4-14)19(29)26-17-12-34-35-13-18(21(31)32)27-22(33)23(7-1-2-8-23)9-10-25-20(17)30/h3-6,16-18,28H,1-2,7-13,24H2,(H,25,30)(H,26,29)(H,27,33)(H,31,32)/t16-,17?,18-/m0/s1. The van der Waals surface area contributed by atoms with Crippen LogP contribution < -0.4 is 21.7 Å². The molecular formula is C23H32N4O6S2. The minimum atomic E-state index is -1.10. The number of rotatable bonds is 5. The van der Waals surface area contributed by atoms with E-state index in [4.69, 9.17) is 5.73 Å². The van der Waals surface area contributed by atoms with Crippen molar-refractivity contribution in [1.82, 2.24) is 16.0 Å². The number of nitrogens with one attached hydrogen (secondary N) is 3. The molecule has 1 saturated carbocycles. The maximum absolute atomic E-state index is 13.0. The number of carbonyl (C=O) groups is 4. The zero-order valence-electron chi connectivity index (χ0n) is 19.3. The lowest BCUT2D eigenvalue weighted by molar-refractivity contribution is -0.143. The lowest BCUT2D eigenvalue weighted by atomic mass is 9.81. The Bertz CT molecular complexity index is 923. The quantitative estimate of drug-likeness (QED) is 0.305. The summed E-state index contributed by atoms with van der Waals surface area (Å²) in [6, 6.07) is 3.58. The van der Waals surface area contributed by atoms with E-state index in [0.29, 0.717) is 19.3 Å². The molecule has 1 unspecified atom stereocenters. The Morgan fingerprint density at radius 3 is 2.43 bits per heavy atom. The van der Waals surface area contributed by atoms with Crippen LogP contribution in [0.25, 0.3) is 0 Å². The first-order valence-corrected chi connectivity index (χ1v) is 14.1. The van der Waals surface area contributed by atoms with Crippen molar-refractivity contribution in [2.24, 2.45) is 11.1 Å². The topological polar surface area (TPSA) is 171 Å². The number of carbonyl (C=O) groups excluding carboxylic acids is 3. The molecule has 35 heavy (non-hydrogen) atoms. The van der Waals surface area contributed by atoms with E-state index < -0.39 is 35.4 Å². The lowest BCUT2D eigenvalue weighted by Gasteiger charge is -2.29. The summed E-state index contributed by atoms with van der Waals surface area (Å²) in [6.07, 6.45) is 3.68. The molecule has 3 rings (SSSR count). The van der Waals surface area contributed by atoms with Gasteiger partial charge in [-0.3, -0.25) is 14.4 Å². The van der Waals surface area contributed by atoms with Gasteiger partial charge in [-0.15, -0.1) is 0 Å². The molecule has 3 amide bonds. The smallest absolute Gasteiger partial charge is 0.327 e. The van der Waals surface area contributed by atoms with Gasteiger partial charge in [-0.1, -0.05) is 46.6 Å². The van der Waals surface area contributed by atoms with Gasteiger partial charge in [0.1, 0.15) is 17.8 Å². The van der Waals surface area contributed by atoms with Crippen LogP contribution in [0.15, 0.2) is 24.3 Å². The van der Waals surface area contributed by atoms with Crippen molar-refractivity contribution in [2.75, 3.05) is 18.1 Å². The highest BCUT2D eigenvalue weighted by atomic mass is 33.1. The van der Waals surface area contributed by atoms with Gasteiger partial charge in [0.2, 0.25) is 17.7 Å². The van der Waals surface area contributed by atoms with Gasteiger partial charge in [0.25, 0.3) is 0 Å². The Hall–Kier alpha value is -2.44. The normalized spacial score (nSPS) is 24.3. The molecule has 1 aliphatic carbocycles. The number of hydrogen-bond donors (Lipinski definition) is 6. The average molecular weight is 525 g/mol. The van der Waals surface area contributed by atoms with Crippen LogP contribution in [-0.2, 0) is 25.6 Å². The Balaban J connectivity index is 1.67. The Morgan fingerprint density at radius 2 is 1.77 bits per heavy atom. The van der Waals surface area contributed by atoms with Crippen molar-refractivity contribution in [3.8, 4) is 5.75 Å². The van der Waals surface area contributed by atoms with Gasteiger partial charge in [-0.2, -0.15) is 0 Å². The average Bonchev–Trinajstić information content (AvgIpc) is 3.30. The summed E-state index contributed by atoms with van der Waals surface area (Å²) in [6.45, 7) is 0.244. The molecule has 1 aromatic rings. The van der Waals surface area contributed by atoms with Crippen LogP contribution in [0.4, 0.5) is 0 Å². The molecule has 1 aromatic carbocycles. The Labute approximate surface area is 211 Å². The summed E-state index contributed by atoms with van der Waals surface area (Å²) in [5.41, 5.74) is 6.13. The van der Waals surface area contributed by atoms with Gasteiger partial charge in [0.15, 0.2) is 0 Å². The van der Waals surface area contributed by atoms with E-state index in [-0.39, 0.29) is 42.0 Å². The van der Waals surface area contributed by atoms with Crippen LogP contribution in [0.2, 0.25) is 0 Å². The Kier molecular flexibility index (Phi) is 9.70. The molecule has 192 valence electrons. The number of benzene rings is 1. The first kappa shape index (κ1) is 27.2. The van der Waals surface area contributed by atoms with E-state index in [0.717, 1.165) is 18.4 Å². The number of carboxylic acids is 1. The van der Waals surface area contributed by atoms with E-state index in [2.05, 4.69) is 16.0 Å². The molecule has 10 nitrogen and oxygen atoms in total. The largest absolute Gasteiger partial charge is 0.508 e. The monoisotopic (exact) mass is 524 g/mol. The van der Waals surface area contributed by atoms with Crippen molar-refractivity contribution in [3.63, 3.8) is 0 Å². The van der Waals surface area contributed by atoms with Crippen LogP contribution in [0.3, 0.4) is 0 Å². The first-order chi connectivity index (χ1) is 16.7. The predicted molar refractivity (Wildman–Crippen MR) is 135 cm³/mol.